The van der Waals surface area contributed by atoms with Gasteiger partial charge >= 0.3 is 0 Å². The van der Waals surface area contributed by atoms with Gasteiger partial charge in [-0.1, -0.05) is 36.5 Å². The number of halogens is 2. The topological polar surface area (TPSA) is 49.3 Å². The van der Waals surface area contributed by atoms with E-state index in [-0.39, 0.29) is 12.5 Å². The number of carbonyl (C=O) groups excluding carboxylic acids is 1. The Kier molecular flexibility index (Phi) is 6.47. The van der Waals surface area contributed by atoms with E-state index in [1.807, 2.05) is 6.92 Å². The molecule has 1 aromatic carbocycles. The fourth-order valence-corrected chi connectivity index (χ4v) is 2.06. The third-order valence-corrected chi connectivity index (χ3v) is 2.96. The lowest BCUT2D eigenvalue weighted by molar-refractivity contribution is -0.121. The van der Waals surface area contributed by atoms with Gasteiger partial charge in [-0.25, -0.2) is 0 Å². The van der Waals surface area contributed by atoms with Gasteiger partial charge in [0.1, 0.15) is 0 Å². The van der Waals surface area contributed by atoms with Gasteiger partial charge in [0, 0.05) is 23.0 Å². The summed E-state index contributed by atoms with van der Waals surface area (Å²) >= 11 is 11.7. The van der Waals surface area contributed by atoms with Crippen LogP contribution in [0.5, 0.6) is 0 Å². The number of unbranched alkanes of at least 4 members (excludes halogenated alkanes) is 1. The number of carbonyl (C=O) groups is 1. The molecule has 3 nitrogen and oxygen atoms in total. The van der Waals surface area contributed by atoms with E-state index >= 15 is 0 Å². The van der Waals surface area contributed by atoms with Crippen LogP contribution in [0.25, 0.3) is 0 Å². The quantitative estimate of drug-likeness (QED) is 0.844. The standard InChI is InChI=1S/C13H17Cl2NO2/c1-2-3-4-13(18)16-8-12(17)9-5-10(14)7-11(15)6-9/h5-7,12,17H,2-4,8H2,1H3,(H,16,18). The molecule has 1 atom stereocenters. The van der Waals surface area contributed by atoms with Crippen molar-refractivity contribution in [1.82, 2.24) is 5.32 Å². The summed E-state index contributed by atoms with van der Waals surface area (Å²) in [4.78, 5) is 11.4. The van der Waals surface area contributed by atoms with Gasteiger partial charge < -0.3 is 10.4 Å². The Bertz CT molecular complexity index is 390. The van der Waals surface area contributed by atoms with Gasteiger partial charge in [0.05, 0.1) is 6.10 Å². The van der Waals surface area contributed by atoms with Gasteiger partial charge in [0.2, 0.25) is 5.91 Å². The zero-order valence-corrected chi connectivity index (χ0v) is 11.8. The summed E-state index contributed by atoms with van der Waals surface area (Å²) in [5, 5.41) is 13.5. The van der Waals surface area contributed by atoms with E-state index in [1.165, 1.54) is 0 Å². The van der Waals surface area contributed by atoms with E-state index in [9.17, 15) is 9.90 Å². The minimum absolute atomic E-state index is 0.0518. The van der Waals surface area contributed by atoms with E-state index in [0.717, 1.165) is 12.8 Å². The number of rotatable bonds is 6. The molecule has 1 amide bonds. The van der Waals surface area contributed by atoms with Crippen LogP contribution in [-0.2, 0) is 4.79 Å². The maximum atomic E-state index is 11.4. The van der Waals surface area contributed by atoms with Gasteiger partial charge in [-0.3, -0.25) is 4.79 Å². The number of hydrogen-bond donors (Lipinski definition) is 2. The second kappa shape index (κ2) is 7.62. The molecule has 1 unspecified atom stereocenters. The third kappa shape index (κ3) is 5.25. The van der Waals surface area contributed by atoms with Crippen molar-refractivity contribution in [3.63, 3.8) is 0 Å². The predicted octanol–water partition coefficient (Wildman–Crippen LogP) is 3.33. The average molecular weight is 290 g/mol. The molecule has 0 aliphatic rings. The molecule has 1 rings (SSSR count). The molecule has 1 aromatic rings. The summed E-state index contributed by atoms with van der Waals surface area (Å²) in [6.45, 7) is 2.19. The van der Waals surface area contributed by atoms with E-state index in [2.05, 4.69) is 5.32 Å². The van der Waals surface area contributed by atoms with Gasteiger partial charge in [0.15, 0.2) is 0 Å². The van der Waals surface area contributed by atoms with Crippen LogP contribution in [0.3, 0.4) is 0 Å². The fraction of sp³-hybridized carbons (Fsp3) is 0.462. The Morgan fingerprint density at radius 3 is 2.50 bits per heavy atom. The Labute approximate surface area is 117 Å². The first kappa shape index (κ1) is 15.3. The highest BCUT2D eigenvalue weighted by Gasteiger charge is 2.10. The molecule has 5 heteroatoms. The number of benzene rings is 1. The van der Waals surface area contributed by atoms with Gasteiger partial charge in [-0.05, 0) is 30.2 Å². The van der Waals surface area contributed by atoms with Crippen LogP contribution < -0.4 is 5.32 Å². The molecule has 0 aliphatic carbocycles. The predicted molar refractivity (Wildman–Crippen MR) is 74.0 cm³/mol. The first-order chi connectivity index (χ1) is 8.52. The van der Waals surface area contributed by atoms with Crippen LogP contribution in [0.15, 0.2) is 18.2 Å². The van der Waals surface area contributed by atoms with Crippen LogP contribution in [-0.4, -0.2) is 17.6 Å². The Morgan fingerprint density at radius 2 is 1.94 bits per heavy atom. The van der Waals surface area contributed by atoms with E-state index in [4.69, 9.17) is 23.2 Å². The van der Waals surface area contributed by atoms with E-state index in [0.29, 0.717) is 22.0 Å². The third-order valence-electron chi connectivity index (χ3n) is 2.52. The molecule has 0 saturated carbocycles. The van der Waals surface area contributed by atoms with Crippen molar-refractivity contribution in [2.75, 3.05) is 6.54 Å². The lowest BCUT2D eigenvalue weighted by Gasteiger charge is -2.13. The molecule has 0 spiro atoms. The maximum Gasteiger partial charge on any atom is 0.220 e. The Hall–Kier alpha value is -0.770. The largest absolute Gasteiger partial charge is 0.387 e. The summed E-state index contributed by atoms with van der Waals surface area (Å²) in [7, 11) is 0. The Morgan fingerprint density at radius 1 is 1.33 bits per heavy atom. The Balaban J connectivity index is 2.49. The second-order valence-electron chi connectivity index (χ2n) is 4.13. The summed E-state index contributed by atoms with van der Waals surface area (Å²) in [6.07, 6.45) is 1.51. The van der Waals surface area contributed by atoms with Crippen LogP contribution in [0.4, 0.5) is 0 Å². The molecule has 18 heavy (non-hydrogen) atoms. The first-order valence-electron chi connectivity index (χ1n) is 5.93. The zero-order chi connectivity index (χ0) is 13.5. The van der Waals surface area contributed by atoms with Gasteiger partial charge in [-0.2, -0.15) is 0 Å². The summed E-state index contributed by atoms with van der Waals surface area (Å²) in [6, 6.07) is 4.87. The summed E-state index contributed by atoms with van der Waals surface area (Å²) < 4.78 is 0. The smallest absolute Gasteiger partial charge is 0.220 e. The van der Waals surface area contributed by atoms with Crippen molar-refractivity contribution in [3.8, 4) is 0 Å². The maximum absolute atomic E-state index is 11.4. The minimum atomic E-state index is -0.799. The molecule has 0 bridgehead atoms. The molecule has 0 heterocycles. The number of nitrogens with one attached hydrogen (secondary N) is 1. The number of hydrogen-bond acceptors (Lipinski definition) is 2. The minimum Gasteiger partial charge on any atom is -0.387 e. The number of aliphatic hydroxyl groups is 1. The molecular formula is C13H17Cl2NO2. The molecule has 100 valence electrons. The van der Waals surface area contributed by atoms with Crippen LogP contribution in [0.2, 0.25) is 10.0 Å². The van der Waals surface area contributed by atoms with Crippen molar-refractivity contribution in [1.29, 1.82) is 0 Å². The highest BCUT2D eigenvalue weighted by molar-refractivity contribution is 6.34. The first-order valence-corrected chi connectivity index (χ1v) is 6.69. The van der Waals surface area contributed by atoms with Crippen molar-refractivity contribution >= 4 is 29.1 Å². The molecule has 0 saturated heterocycles. The number of aliphatic hydroxyl groups excluding tert-OH is 1. The zero-order valence-electron chi connectivity index (χ0n) is 10.2. The highest BCUT2D eigenvalue weighted by Crippen LogP contribution is 2.23. The molecule has 0 aliphatic heterocycles. The summed E-state index contributed by atoms with van der Waals surface area (Å²) in [5.74, 6) is -0.0518. The molecule has 2 N–H and O–H groups in total. The summed E-state index contributed by atoms with van der Waals surface area (Å²) in [5.41, 5.74) is 0.600. The second-order valence-corrected chi connectivity index (χ2v) is 5.00. The number of amides is 1. The van der Waals surface area contributed by atoms with E-state index < -0.39 is 6.10 Å². The van der Waals surface area contributed by atoms with Crippen molar-refractivity contribution in [2.45, 2.75) is 32.3 Å². The van der Waals surface area contributed by atoms with Crippen LogP contribution in [0.1, 0.15) is 37.9 Å². The van der Waals surface area contributed by atoms with Crippen molar-refractivity contribution in [3.05, 3.63) is 33.8 Å². The van der Waals surface area contributed by atoms with Crippen molar-refractivity contribution < 1.29 is 9.90 Å². The van der Waals surface area contributed by atoms with Crippen LogP contribution in [0, 0.1) is 0 Å². The highest BCUT2D eigenvalue weighted by atomic mass is 35.5. The fourth-order valence-electron chi connectivity index (χ4n) is 1.52. The van der Waals surface area contributed by atoms with Gasteiger partial charge in [0.25, 0.3) is 0 Å². The normalized spacial score (nSPS) is 12.2. The van der Waals surface area contributed by atoms with Crippen LogP contribution >= 0.6 is 23.2 Å². The van der Waals surface area contributed by atoms with E-state index in [1.54, 1.807) is 18.2 Å². The molecule has 0 aromatic heterocycles. The van der Waals surface area contributed by atoms with Crippen molar-refractivity contribution in [2.24, 2.45) is 0 Å². The molecule has 0 fully saturated rings. The van der Waals surface area contributed by atoms with Gasteiger partial charge in [-0.15, -0.1) is 0 Å². The average Bonchev–Trinajstić information content (AvgIpc) is 2.32. The molecular weight excluding hydrogens is 273 g/mol. The SMILES string of the molecule is CCCCC(=O)NCC(O)c1cc(Cl)cc(Cl)c1. The monoisotopic (exact) mass is 289 g/mol. The molecule has 0 radical (unpaired) electrons. The lowest BCUT2D eigenvalue weighted by Crippen LogP contribution is -2.28. The lowest BCUT2D eigenvalue weighted by atomic mass is 10.1.